The largest absolute Gasteiger partial charge is 0.295 e. The molecule has 0 aliphatic carbocycles. The molecule has 0 fully saturated rings. The van der Waals surface area contributed by atoms with E-state index < -0.39 is 0 Å². The van der Waals surface area contributed by atoms with E-state index >= 15 is 0 Å². The highest BCUT2D eigenvalue weighted by atomic mass is 16.1. The molecule has 5 heteroatoms. The van der Waals surface area contributed by atoms with Crippen LogP contribution in [-0.2, 0) is 0 Å². The Labute approximate surface area is 128 Å². The number of aryl methyl sites for hydroxylation is 1. The Balaban J connectivity index is 2.08. The Morgan fingerprint density at radius 1 is 1.14 bits per heavy atom. The quantitative estimate of drug-likeness (QED) is 0.754. The molecule has 0 atom stereocenters. The van der Waals surface area contributed by atoms with Gasteiger partial charge in [-0.1, -0.05) is 24.3 Å². The van der Waals surface area contributed by atoms with E-state index in [-0.39, 0.29) is 5.56 Å². The molecule has 0 saturated heterocycles. The Hall–Kier alpha value is -2.95. The van der Waals surface area contributed by atoms with Crippen LogP contribution in [0.3, 0.4) is 0 Å². The Morgan fingerprint density at radius 3 is 2.55 bits per heavy atom. The number of para-hydroxylation sites is 1. The number of aromatic nitrogens is 3. The summed E-state index contributed by atoms with van der Waals surface area (Å²) in [7, 11) is 0. The van der Waals surface area contributed by atoms with E-state index in [9.17, 15) is 4.79 Å². The minimum atomic E-state index is -0.110. The number of benzene rings is 1. The minimum Gasteiger partial charge on any atom is -0.295 e. The molecule has 0 aliphatic heterocycles. The lowest BCUT2D eigenvalue weighted by Gasteiger charge is -1.99. The van der Waals surface area contributed by atoms with Gasteiger partial charge in [0.2, 0.25) is 0 Å². The molecule has 0 unspecified atom stereocenters. The van der Waals surface area contributed by atoms with Crippen LogP contribution in [0.15, 0.2) is 64.5 Å². The van der Waals surface area contributed by atoms with Gasteiger partial charge in [-0.2, -0.15) is 0 Å². The van der Waals surface area contributed by atoms with Crippen molar-refractivity contribution in [2.24, 2.45) is 4.99 Å². The van der Waals surface area contributed by atoms with Crippen molar-refractivity contribution in [2.75, 3.05) is 0 Å². The van der Waals surface area contributed by atoms with Crippen LogP contribution in [0.5, 0.6) is 0 Å². The first-order valence-electron chi connectivity index (χ1n) is 7.00. The average molecular weight is 292 g/mol. The first kappa shape index (κ1) is 14.0. The van der Waals surface area contributed by atoms with Gasteiger partial charge in [-0.15, -0.1) is 0 Å². The summed E-state index contributed by atoms with van der Waals surface area (Å²) in [6.07, 6.45) is 1.68. The van der Waals surface area contributed by atoms with Gasteiger partial charge in [0.05, 0.1) is 17.0 Å². The molecular weight excluding hydrogens is 276 g/mol. The Bertz CT molecular complexity index is 861. The summed E-state index contributed by atoms with van der Waals surface area (Å²) in [4.78, 5) is 21.2. The second-order valence-corrected chi connectivity index (χ2v) is 4.97. The standard InChI is InChI=1S/C17H16N4O/c1-12(19-15-10-6-7-11-18-15)16-13(2)20-21(17(16)22)14-8-4-3-5-9-14/h3-11,20H,1-2H3. The number of nitrogens with zero attached hydrogens (tertiary/aromatic N) is 3. The summed E-state index contributed by atoms with van der Waals surface area (Å²) in [5.41, 5.74) is 2.70. The molecule has 1 aromatic carbocycles. The van der Waals surface area contributed by atoms with Gasteiger partial charge >= 0.3 is 0 Å². The number of rotatable bonds is 3. The van der Waals surface area contributed by atoms with Gasteiger partial charge < -0.3 is 0 Å². The van der Waals surface area contributed by atoms with E-state index in [0.717, 1.165) is 11.4 Å². The molecule has 1 N–H and O–H groups in total. The molecule has 2 aromatic heterocycles. The molecule has 22 heavy (non-hydrogen) atoms. The third-order valence-corrected chi connectivity index (χ3v) is 3.38. The molecule has 0 aliphatic rings. The highest BCUT2D eigenvalue weighted by Crippen LogP contribution is 2.11. The predicted octanol–water partition coefficient (Wildman–Crippen LogP) is 3.01. The van der Waals surface area contributed by atoms with Crippen LogP contribution in [0.4, 0.5) is 5.82 Å². The highest BCUT2D eigenvalue weighted by Gasteiger charge is 2.14. The summed E-state index contributed by atoms with van der Waals surface area (Å²) in [6.45, 7) is 3.69. The zero-order valence-corrected chi connectivity index (χ0v) is 12.4. The highest BCUT2D eigenvalue weighted by molar-refractivity contribution is 6.00. The van der Waals surface area contributed by atoms with Crippen LogP contribution >= 0.6 is 0 Å². The number of H-pyrrole nitrogens is 1. The van der Waals surface area contributed by atoms with Crippen LogP contribution in [0.2, 0.25) is 0 Å². The van der Waals surface area contributed by atoms with Gasteiger partial charge in [-0.05, 0) is 38.1 Å². The van der Waals surface area contributed by atoms with Gasteiger partial charge in [-0.3, -0.25) is 9.89 Å². The second-order valence-electron chi connectivity index (χ2n) is 4.97. The van der Waals surface area contributed by atoms with Gasteiger partial charge in [0, 0.05) is 11.9 Å². The molecule has 2 heterocycles. The number of aliphatic imine (C=N–C) groups is 1. The summed E-state index contributed by atoms with van der Waals surface area (Å²) in [5.74, 6) is 0.589. The molecule has 0 amide bonds. The van der Waals surface area contributed by atoms with Crippen LogP contribution in [0.1, 0.15) is 18.2 Å². The predicted molar refractivity (Wildman–Crippen MR) is 87.2 cm³/mol. The lowest BCUT2D eigenvalue weighted by Crippen LogP contribution is -2.19. The van der Waals surface area contributed by atoms with Gasteiger partial charge in [0.15, 0.2) is 5.82 Å². The van der Waals surface area contributed by atoms with E-state index in [0.29, 0.717) is 17.1 Å². The van der Waals surface area contributed by atoms with E-state index in [4.69, 9.17) is 0 Å². The van der Waals surface area contributed by atoms with Crippen molar-refractivity contribution in [1.29, 1.82) is 0 Å². The Morgan fingerprint density at radius 2 is 1.86 bits per heavy atom. The van der Waals surface area contributed by atoms with Crippen molar-refractivity contribution in [3.05, 3.63) is 76.3 Å². The summed E-state index contributed by atoms with van der Waals surface area (Å²) in [6, 6.07) is 15.0. The molecule has 0 bridgehead atoms. The maximum atomic E-state index is 12.7. The molecule has 110 valence electrons. The smallest absolute Gasteiger partial charge is 0.280 e. The normalized spacial score (nSPS) is 11.6. The van der Waals surface area contributed by atoms with E-state index in [2.05, 4.69) is 15.1 Å². The molecule has 0 spiro atoms. The van der Waals surface area contributed by atoms with Gasteiger partial charge in [0.1, 0.15) is 0 Å². The maximum absolute atomic E-state index is 12.7. The number of hydrogen-bond acceptors (Lipinski definition) is 3. The van der Waals surface area contributed by atoms with Crippen molar-refractivity contribution < 1.29 is 0 Å². The number of aromatic amines is 1. The fraction of sp³-hybridized carbons (Fsp3) is 0.118. The zero-order chi connectivity index (χ0) is 15.5. The monoisotopic (exact) mass is 292 g/mol. The van der Waals surface area contributed by atoms with E-state index in [1.165, 1.54) is 4.68 Å². The van der Waals surface area contributed by atoms with Crippen molar-refractivity contribution in [2.45, 2.75) is 13.8 Å². The third kappa shape index (κ3) is 2.61. The number of nitrogens with one attached hydrogen (secondary N) is 1. The first-order valence-corrected chi connectivity index (χ1v) is 7.00. The van der Waals surface area contributed by atoms with Crippen molar-refractivity contribution in [1.82, 2.24) is 14.8 Å². The molecule has 3 aromatic rings. The minimum absolute atomic E-state index is 0.110. The lowest BCUT2D eigenvalue weighted by atomic mass is 10.2. The molecule has 3 rings (SSSR count). The van der Waals surface area contributed by atoms with Crippen LogP contribution < -0.4 is 5.56 Å². The molecule has 5 nitrogen and oxygen atoms in total. The molecule has 0 radical (unpaired) electrons. The molecule has 0 saturated carbocycles. The Kier molecular flexibility index (Phi) is 3.70. The summed E-state index contributed by atoms with van der Waals surface area (Å²) < 4.78 is 1.53. The first-order chi connectivity index (χ1) is 10.7. The average Bonchev–Trinajstić information content (AvgIpc) is 2.84. The van der Waals surface area contributed by atoms with Crippen LogP contribution in [0.25, 0.3) is 5.69 Å². The summed E-state index contributed by atoms with van der Waals surface area (Å²) >= 11 is 0. The van der Waals surface area contributed by atoms with Crippen molar-refractivity contribution in [3.8, 4) is 5.69 Å². The van der Waals surface area contributed by atoms with E-state index in [1.807, 2.05) is 56.3 Å². The molecular formula is C17H16N4O. The fourth-order valence-electron chi connectivity index (χ4n) is 2.38. The lowest BCUT2D eigenvalue weighted by molar-refractivity contribution is 0.835. The number of hydrogen-bond donors (Lipinski definition) is 1. The van der Waals surface area contributed by atoms with E-state index in [1.54, 1.807) is 12.3 Å². The summed E-state index contributed by atoms with van der Waals surface area (Å²) in [5, 5.41) is 3.10. The van der Waals surface area contributed by atoms with Crippen LogP contribution in [0, 0.1) is 6.92 Å². The SMILES string of the molecule is CC(=Nc1ccccn1)c1c(C)[nH]n(-c2ccccc2)c1=O. The van der Waals surface area contributed by atoms with Crippen molar-refractivity contribution in [3.63, 3.8) is 0 Å². The fourth-order valence-corrected chi connectivity index (χ4v) is 2.38. The van der Waals surface area contributed by atoms with Crippen molar-refractivity contribution >= 4 is 11.5 Å². The van der Waals surface area contributed by atoms with Crippen LogP contribution in [-0.4, -0.2) is 20.5 Å². The maximum Gasteiger partial charge on any atom is 0.280 e. The third-order valence-electron chi connectivity index (χ3n) is 3.38. The van der Waals surface area contributed by atoms with Gasteiger partial charge in [0.25, 0.3) is 5.56 Å². The van der Waals surface area contributed by atoms with Gasteiger partial charge in [-0.25, -0.2) is 14.7 Å². The number of pyridine rings is 1. The second kappa shape index (κ2) is 5.81. The zero-order valence-electron chi connectivity index (χ0n) is 12.4. The topological polar surface area (TPSA) is 63.0 Å².